The van der Waals surface area contributed by atoms with Crippen LogP contribution in [0.15, 0.2) is 173 Å². The van der Waals surface area contributed by atoms with E-state index in [1.807, 2.05) is 72.8 Å². The molecule has 0 fully saturated rings. The SMILES string of the molecule is c1ccc2c(c1)C1=NC2=NC2=NC(=NC3=NC(=NC4=NC(=N1)c1ccccc14)c1cc4cc5cc6ccccc6cc5cc4cc13)c1ccccc12. The van der Waals surface area contributed by atoms with E-state index in [-0.39, 0.29) is 0 Å². The average molecular weight is 663 g/mol. The Morgan fingerprint density at radius 2 is 0.404 bits per heavy atom. The fraction of sp³-hybridized carbons (Fsp3) is 0. The normalized spacial score (nSPS) is 16.2. The van der Waals surface area contributed by atoms with E-state index in [9.17, 15) is 0 Å². The Kier molecular flexibility index (Phi) is 5.35. The van der Waals surface area contributed by atoms with Crippen molar-refractivity contribution in [3.63, 3.8) is 0 Å². The van der Waals surface area contributed by atoms with Crippen LogP contribution < -0.4 is 0 Å². The van der Waals surface area contributed by atoms with Crippen molar-refractivity contribution in [2.75, 3.05) is 0 Å². The first-order chi connectivity index (χ1) is 25.7. The lowest BCUT2D eigenvalue weighted by molar-refractivity contribution is 1.49. The molecule has 0 unspecified atom stereocenters. The van der Waals surface area contributed by atoms with Gasteiger partial charge in [-0.15, -0.1) is 0 Å². The first-order valence-corrected chi connectivity index (χ1v) is 17.1. The predicted octanol–water partition coefficient (Wildman–Crippen LogP) is 8.29. The van der Waals surface area contributed by atoms with Crippen LogP contribution in [0.2, 0.25) is 0 Å². The summed E-state index contributed by atoms with van der Waals surface area (Å²) >= 11 is 0. The van der Waals surface area contributed by atoms with E-state index in [1.54, 1.807) is 0 Å². The summed E-state index contributed by atoms with van der Waals surface area (Å²) in [6.07, 6.45) is 0. The molecule has 8 bridgehead atoms. The largest absolute Gasteiger partial charge is 0.208 e. The van der Waals surface area contributed by atoms with Gasteiger partial charge in [0, 0.05) is 44.5 Å². The Balaban J connectivity index is 1.14. The maximum absolute atomic E-state index is 5.16. The molecule has 5 aliphatic rings. The molecular formula is C44H22N8. The molecule has 0 aromatic heterocycles. The van der Waals surface area contributed by atoms with Gasteiger partial charge in [0.15, 0.2) is 46.7 Å². The second-order valence-corrected chi connectivity index (χ2v) is 13.3. The van der Waals surface area contributed by atoms with E-state index in [0.29, 0.717) is 46.7 Å². The monoisotopic (exact) mass is 662 g/mol. The highest BCUT2D eigenvalue weighted by Crippen LogP contribution is 2.34. The van der Waals surface area contributed by atoms with Gasteiger partial charge in [0.1, 0.15) is 0 Å². The maximum Gasteiger partial charge on any atom is 0.164 e. The highest BCUT2D eigenvalue weighted by atomic mass is 15.1. The van der Waals surface area contributed by atoms with Crippen LogP contribution in [-0.4, -0.2) is 46.7 Å². The molecule has 5 aliphatic heterocycles. The molecule has 0 radical (unpaired) electrons. The second kappa shape index (κ2) is 10.1. The summed E-state index contributed by atoms with van der Waals surface area (Å²) < 4.78 is 0. The van der Waals surface area contributed by atoms with Crippen molar-refractivity contribution in [1.82, 2.24) is 0 Å². The fourth-order valence-corrected chi connectivity index (χ4v) is 7.70. The Labute approximate surface area is 296 Å². The standard InChI is InChI=1S/C44H22N8/c1-2-10-24-18-26-20-28-22-36-35(21-27(28)19-25(26)17-23(24)9-1)43-50-41-33-15-7-5-13-31(33)39(48-41)46-37-29-11-3-4-12-30(29)38(45-37)47-40-32-14-6-8-16-34(32)42(49-40)51-44(36)52-43/h1-22H. The van der Waals surface area contributed by atoms with Crippen LogP contribution in [-0.2, 0) is 0 Å². The summed E-state index contributed by atoms with van der Waals surface area (Å²) in [6, 6.07) is 45.9. The quantitative estimate of drug-likeness (QED) is 0.146. The molecule has 0 amide bonds. The summed E-state index contributed by atoms with van der Waals surface area (Å²) in [4.78, 5) is 40.4. The van der Waals surface area contributed by atoms with Gasteiger partial charge in [0.2, 0.25) is 0 Å². The van der Waals surface area contributed by atoms with Crippen LogP contribution in [0.3, 0.4) is 0 Å². The first-order valence-electron chi connectivity index (χ1n) is 17.1. The van der Waals surface area contributed by atoms with Gasteiger partial charge in [-0.25, -0.2) is 39.9 Å². The van der Waals surface area contributed by atoms with E-state index >= 15 is 0 Å². The zero-order chi connectivity index (χ0) is 33.9. The molecule has 12 rings (SSSR count). The molecule has 7 aromatic carbocycles. The molecule has 7 aromatic rings. The third-order valence-corrected chi connectivity index (χ3v) is 10.2. The summed E-state index contributed by atoms with van der Waals surface area (Å²) in [6.45, 7) is 0. The van der Waals surface area contributed by atoms with Crippen molar-refractivity contribution in [2.24, 2.45) is 39.9 Å². The average Bonchev–Trinajstić information content (AvgIpc) is 3.91. The molecule has 0 N–H and O–H groups in total. The van der Waals surface area contributed by atoms with Crippen LogP contribution in [0.25, 0.3) is 32.3 Å². The number of fused-ring (bicyclic) bond motifs is 19. The number of hydrogen-bond donors (Lipinski definition) is 0. The lowest BCUT2D eigenvalue weighted by atomic mass is 9.96. The van der Waals surface area contributed by atoms with Crippen molar-refractivity contribution in [2.45, 2.75) is 0 Å². The summed E-state index contributed by atoms with van der Waals surface area (Å²) in [7, 11) is 0. The maximum atomic E-state index is 5.16. The predicted molar refractivity (Wildman–Crippen MR) is 211 cm³/mol. The van der Waals surface area contributed by atoms with Crippen LogP contribution in [0, 0.1) is 0 Å². The third kappa shape index (κ3) is 3.97. The fourth-order valence-electron chi connectivity index (χ4n) is 7.70. The molecular weight excluding hydrogens is 641 g/mol. The molecule has 0 atom stereocenters. The highest BCUT2D eigenvalue weighted by molar-refractivity contribution is 6.35. The molecule has 8 heteroatoms. The molecule has 0 spiro atoms. The van der Waals surface area contributed by atoms with Crippen molar-refractivity contribution < 1.29 is 0 Å². The topological polar surface area (TPSA) is 98.9 Å². The van der Waals surface area contributed by atoms with Crippen molar-refractivity contribution in [3.8, 4) is 0 Å². The number of aliphatic imine (C=N–C) groups is 8. The van der Waals surface area contributed by atoms with E-state index < -0.39 is 0 Å². The minimum atomic E-state index is 0.538. The number of nitrogens with zero attached hydrogens (tertiary/aromatic N) is 8. The van der Waals surface area contributed by atoms with Gasteiger partial charge in [-0.05, 0) is 68.7 Å². The summed E-state index contributed by atoms with van der Waals surface area (Å²) in [5.74, 6) is 4.33. The Hall–Kier alpha value is -7.32. The van der Waals surface area contributed by atoms with Gasteiger partial charge in [-0.1, -0.05) is 97.1 Å². The Morgan fingerprint density at radius 3 is 0.692 bits per heavy atom. The first kappa shape index (κ1) is 27.5. The minimum Gasteiger partial charge on any atom is -0.208 e. The lowest BCUT2D eigenvalue weighted by Crippen LogP contribution is -2.02. The van der Waals surface area contributed by atoms with Crippen molar-refractivity contribution in [3.05, 3.63) is 178 Å². The number of rotatable bonds is 0. The van der Waals surface area contributed by atoms with Gasteiger partial charge in [-0.2, -0.15) is 0 Å². The molecule has 238 valence electrons. The number of amidine groups is 8. The smallest absolute Gasteiger partial charge is 0.164 e. The van der Waals surface area contributed by atoms with Crippen LogP contribution in [0.4, 0.5) is 0 Å². The van der Waals surface area contributed by atoms with E-state index in [2.05, 4.69) is 60.7 Å². The lowest BCUT2D eigenvalue weighted by Gasteiger charge is -2.08. The van der Waals surface area contributed by atoms with Crippen LogP contribution >= 0.6 is 0 Å². The molecule has 5 heterocycles. The number of benzene rings is 7. The molecule has 52 heavy (non-hydrogen) atoms. The van der Waals surface area contributed by atoms with Gasteiger partial charge >= 0.3 is 0 Å². The highest BCUT2D eigenvalue weighted by Gasteiger charge is 2.31. The summed E-state index contributed by atoms with van der Waals surface area (Å²) in [5.41, 5.74) is 7.07. The Morgan fingerprint density at radius 1 is 0.192 bits per heavy atom. The van der Waals surface area contributed by atoms with Crippen molar-refractivity contribution >= 4 is 79.0 Å². The van der Waals surface area contributed by atoms with E-state index in [0.717, 1.165) is 55.3 Å². The molecule has 8 nitrogen and oxygen atoms in total. The van der Waals surface area contributed by atoms with Crippen molar-refractivity contribution in [1.29, 1.82) is 0 Å². The number of hydrogen-bond acceptors (Lipinski definition) is 8. The van der Waals surface area contributed by atoms with E-state index in [4.69, 9.17) is 39.9 Å². The van der Waals surface area contributed by atoms with Gasteiger partial charge in [0.25, 0.3) is 0 Å². The van der Waals surface area contributed by atoms with Gasteiger partial charge in [0.05, 0.1) is 0 Å². The molecule has 0 aliphatic carbocycles. The van der Waals surface area contributed by atoms with Crippen LogP contribution in [0.1, 0.15) is 44.5 Å². The van der Waals surface area contributed by atoms with Crippen LogP contribution in [0.5, 0.6) is 0 Å². The minimum absolute atomic E-state index is 0.538. The van der Waals surface area contributed by atoms with Gasteiger partial charge in [-0.3, -0.25) is 0 Å². The third-order valence-electron chi connectivity index (χ3n) is 10.2. The zero-order valence-corrected chi connectivity index (χ0v) is 27.3. The second-order valence-electron chi connectivity index (χ2n) is 13.3. The zero-order valence-electron chi connectivity index (χ0n) is 27.3. The Bertz CT molecular complexity index is 3120. The van der Waals surface area contributed by atoms with Gasteiger partial charge < -0.3 is 0 Å². The molecule has 0 saturated carbocycles. The summed E-state index contributed by atoms with van der Waals surface area (Å²) in [5, 5.41) is 6.96. The van der Waals surface area contributed by atoms with E-state index in [1.165, 1.54) is 21.5 Å². The molecule has 0 saturated heterocycles.